The molecule has 5 nitrogen and oxygen atoms in total. The van der Waals surface area contributed by atoms with Gasteiger partial charge in [0.2, 0.25) is 0 Å². The van der Waals surface area contributed by atoms with Crippen LogP contribution in [0.5, 0.6) is 0 Å². The second-order valence-corrected chi connectivity index (χ2v) is 7.10. The molecule has 0 aliphatic carbocycles. The number of carboxylic acid groups (broad SMARTS) is 1. The summed E-state index contributed by atoms with van der Waals surface area (Å²) in [5, 5.41) is 20.8. The SMILES string of the molecule is CCCCCC(O)c1c(C(=O)CCCC(=O)O)c2cc(Cl)ccc2n1C. The summed E-state index contributed by atoms with van der Waals surface area (Å²) in [5.41, 5.74) is 1.90. The van der Waals surface area contributed by atoms with E-state index in [2.05, 4.69) is 6.92 Å². The molecule has 2 rings (SSSR count). The van der Waals surface area contributed by atoms with Gasteiger partial charge in [-0.2, -0.15) is 0 Å². The Labute approximate surface area is 158 Å². The summed E-state index contributed by atoms with van der Waals surface area (Å²) in [5.74, 6) is -1.07. The molecule has 0 bridgehead atoms. The number of carbonyl (C=O) groups excluding carboxylic acids is 1. The molecule has 142 valence electrons. The average molecular weight is 380 g/mol. The van der Waals surface area contributed by atoms with E-state index in [4.69, 9.17) is 16.7 Å². The van der Waals surface area contributed by atoms with Crippen molar-refractivity contribution in [3.05, 3.63) is 34.5 Å². The lowest BCUT2D eigenvalue weighted by molar-refractivity contribution is -0.137. The summed E-state index contributed by atoms with van der Waals surface area (Å²) < 4.78 is 1.85. The van der Waals surface area contributed by atoms with Crippen LogP contribution in [0.4, 0.5) is 0 Å². The number of benzene rings is 1. The summed E-state index contributed by atoms with van der Waals surface area (Å²) in [7, 11) is 1.84. The van der Waals surface area contributed by atoms with Crippen molar-refractivity contribution >= 4 is 34.3 Å². The van der Waals surface area contributed by atoms with Crippen LogP contribution < -0.4 is 0 Å². The minimum atomic E-state index is -0.918. The quantitative estimate of drug-likeness (QED) is 0.455. The largest absolute Gasteiger partial charge is 0.481 e. The maximum absolute atomic E-state index is 12.9. The van der Waals surface area contributed by atoms with E-state index in [0.29, 0.717) is 28.1 Å². The minimum Gasteiger partial charge on any atom is -0.481 e. The number of aliphatic hydroxyl groups excluding tert-OH is 1. The highest BCUT2D eigenvalue weighted by molar-refractivity contribution is 6.31. The van der Waals surface area contributed by atoms with E-state index < -0.39 is 12.1 Å². The molecule has 0 radical (unpaired) electrons. The van der Waals surface area contributed by atoms with Crippen molar-refractivity contribution in [3.63, 3.8) is 0 Å². The Bertz CT molecular complexity index is 797. The molecular formula is C20H26ClNO4. The number of hydrogen-bond donors (Lipinski definition) is 2. The van der Waals surface area contributed by atoms with Crippen molar-refractivity contribution in [2.45, 2.75) is 58.0 Å². The van der Waals surface area contributed by atoms with Crippen molar-refractivity contribution in [2.24, 2.45) is 7.05 Å². The van der Waals surface area contributed by atoms with Gasteiger partial charge in [0.05, 0.1) is 11.8 Å². The summed E-state index contributed by atoms with van der Waals surface area (Å²) >= 11 is 6.12. The lowest BCUT2D eigenvalue weighted by Crippen LogP contribution is -2.11. The Morgan fingerprint density at radius 1 is 1.19 bits per heavy atom. The fourth-order valence-corrected chi connectivity index (χ4v) is 3.54. The van der Waals surface area contributed by atoms with Crippen LogP contribution in [0.2, 0.25) is 5.02 Å². The van der Waals surface area contributed by atoms with E-state index >= 15 is 0 Å². The summed E-state index contributed by atoms with van der Waals surface area (Å²) in [6.45, 7) is 2.10. The Hall–Kier alpha value is -1.85. The zero-order chi connectivity index (χ0) is 19.3. The van der Waals surface area contributed by atoms with Gasteiger partial charge in [0.15, 0.2) is 5.78 Å². The van der Waals surface area contributed by atoms with Crippen LogP contribution in [0.3, 0.4) is 0 Å². The van der Waals surface area contributed by atoms with E-state index in [1.54, 1.807) is 12.1 Å². The van der Waals surface area contributed by atoms with E-state index in [-0.39, 0.29) is 25.0 Å². The maximum atomic E-state index is 12.9. The standard InChI is InChI=1S/C20H26ClNO4/c1-3-4-5-7-17(24)20-19(16(23)8-6-9-18(25)26)14-12-13(21)10-11-15(14)22(20)2/h10-12,17,24H,3-9H2,1-2H3,(H,25,26). The van der Waals surface area contributed by atoms with Gasteiger partial charge in [0.1, 0.15) is 0 Å². The van der Waals surface area contributed by atoms with Crippen LogP contribution in [0.15, 0.2) is 18.2 Å². The number of fused-ring (bicyclic) bond motifs is 1. The van der Waals surface area contributed by atoms with Crippen LogP contribution in [0, 0.1) is 0 Å². The molecule has 0 aliphatic rings. The van der Waals surface area contributed by atoms with Gasteiger partial charge in [-0.3, -0.25) is 9.59 Å². The lowest BCUT2D eigenvalue weighted by Gasteiger charge is -2.14. The third kappa shape index (κ3) is 4.65. The third-order valence-electron chi connectivity index (χ3n) is 4.68. The number of aliphatic carboxylic acids is 1. The minimum absolute atomic E-state index is 0.0500. The first-order valence-corrected chi connectivity index (χ1v) is 9.45. The first kappa shape index (κ1) is 20.5. The fraction of sp³-hybridized carbons (Fsp3) is 0.500. The van der Waals surface area contributed by atoms with Gasteiger partial charge in [-0.05, 0) is 31.0 Å². The predicted molar refractivity (Wildman–Crippen MR) is 103 cm³/mol. The Morgan fingerprint density at radius 2 is 1.92 bits per heavy atom. The Kier molecular flexibility index (Phi) is 7.23. The number of carboxylic acids is 1. The highest BCUT2D eigenvalue weighted by Crippen LogP contribution is 2.34. The summed E-state index contributed by atoms with van der Waals surface area (Å²) in [6, 6.07) is 5.34. The number of rotatable bonds is 10. The van der Waals surface area contributed by atoms with Gasteiger partial charge in [0, 0.05) is 41.4 Å². The van der Waals surface area contributed by atoms with Gasteiger partial charge in [-0.1, -0.05) is 37.8 Å². The van der Waals surface area contributed by atoms with E-state index in [1.807, 2.05) is 17.7 Å². The molecule has 26 heavy (non-hydrogen) atoms. The van der Waals surface area contributed by atoms with E-state index in [0.717, 1.165) is 24.8 Å². The number of unbranched alkanes of at least 4 members (excludes halogenated alkanes) is 2. The van der Waals surface area contributed by atoms with Gasteiger partial charge in [-0.15, -0.1) is 0 Å². The molecule has 0 spiro atoms. The van der Waals surface area contributed by atoms with Crippen molar-refractivity contribution in [2.75, 3.05) is 0 Å². The van der Waals surface area contributed by atoms with Crippen LogP contribution in [0.1, 0.15) is 74.0 Å². The molecule has 0 amide bonds. The second kappa shape index (κ2) is 9.19. The molecule has 0 saturated heterocycles. The molecule has 1 aromatic carbocycles. The van der Waals surface area contributed by atoms with Crippen molar-refractivity contribution in [3.8, 4) is 0 Å². The number of carbonyl (C=O) groups is 2. The first-order chi connectivity index (χ1) is 12.4. The molecule has 1 heterocycles. The number of aromatic nitrogens is 1. The summed E-state index contributed by atoms with van der Waals surface area (Å²) in [6.07, 6.45) is 3.16. The molecule has 1 unspecified atom stereocenters. The van der Waals surface area contributed by atoms with Gasteiger partial charge in [-0.25, -0.2) is 0 Å². The number of halogens is 1. The van der Waals surface area contributed by atoms with Crippen LogP contribution in [0.25, 0.3) is 10.9 Å². The highest BCUT2D eigenvalue weighted by atomic mass is 35.5. The second-order valence-electron chi connectivity index (χ2n) is 6.66. The fourth-order valence-electron chi connectivity index (χ4n) is 3.37. The molecule has 1 atom stereocenters. The number of aliphatic hydroxyl groups is 1. The Morgan fingerprint density at radius 3 is 2.58 bits per heavy atom. The Balaban J connectivity index is 2.43. The average Bonchev–Trinajstić information content (AvgIpc) is 2.86. The first-order valence-electron chi connectivity index (χ1n) is 9.07. The number of Topliss-reactive ketones (excluding diaryl/α,β-unsaturated/α-hetero) is 1. The van der Waals surface area contributed by atoms with Crippen LogP contribution in [-0.2, 0) is 11.8 Å². The summed E-state index contributed by atoms with van der Waals surface area (Å²) in [4.78, 5) is 23.6. The lowest BCUT2D eigenvalue weighted by atomic mass is 9.97. The van der Waals surface area contributed by atoms with Gasteiger partial charge in [0.25, 0.3) is 0 Å². The van der Waals surface area contributed by atoms with Crippen molar-refractivity contribution in [1.29, 1.82) is 0 Å². The molecule has 1 aromatic heterocycles. The molecule has 2 N–H and O–H groups in total. The molecule has 2 aromatic rings. The third-order valence-corrected chi connectivity index (χ3v) is 4.91. The topological polar surface area (TPSA) is 79.5 Å². The van der Waals surface area contributed by atoms with E-state index in [9.17, 15) is 14.7 Å². The van der Waals surface area contributed by atoms with Crippen molar-refractivity contribution in [1.82, 2.24) is 4.57 Å². The van der Waals surface area contributed by atoms with Crippen LogP contribution in [-0.4, -0.2) is 26.5 Å². The van der Waals surface area contributed by atoms with Crippen molar-refractivity contribution < 1.29 is 19.8 Å². The molecule has 0 fully saturated rings. The van der Waals surface area contributed by atoms with Gasteiger partial charge >= 0.3 is 5.97 Å². The van der Waals surface area contributed by atoms with Crippen LogP contribution >= 0.6 is 11.6 Å². The number of aryl methyl sites for hydroxylation is 1. The predicted octanol–water partition coefficient (Wildman–Crippen LogP) is 4.88. The zero-order valence-electron chi connectivity index (χ0n) is 15.3. The van der Waals surface area contributed by atoms with E-state index in [1.165, 1.54) is 0 Å². The van der Waals surface area contributed by atoms with Gasteiger partial charge < -0.3 is 14.8 Å². The molecule has 0 saturated carbocycles. The molecule has 6 heteroatoms. The highest BCUT2D eigenvalue weighted by Gasteiger charge is 2.25. The number of nitrogens with zero attached hydrogens (tertiary/aromatic N) is 1. The smallest absolute Gasteiger partial charge is 0.303 e. The zero-order valence-corrected chi connectivity index (χ0v) is 16.1. The maximum Gasteiger partial charge on any atom is 0.303 e. The number of hydrogen-bond acceptors (Lipinski definition) is 3. The number of ketones is 1. The molecule has 0 aliphatic heterocycles. The normalized spacial score (nSPS) is 12.5. The monoisotopic (exact) mass is 379 g/mol. The molecular weight excluding hydrogens is 354 g/mol.